The molecule has 15 heavy (non-hydrogen) atoms. The second-order valence-electron chi connectivity index (χ2n) is 4.33. The first-order chi connectivity index (χ1) is 7.08. The topological polar surface area (TPSA) is 23.5 Å². The maximum atomic E-state index is 9.43. The Hall–Kier alpha value is -0.540. The molecule has 0 saturated carbocycles. The molecule has 3 heteroatoms. The number of aliphatic hydroxyl groups is 1. The fourth-order valence-corrected chi connectivity index (χ4v) is 2.69. The van der Waals surface area contributed by atoms with Gasteiger partial charge >= 0.3 is 0 Å². The molecule has 2 nitrogen and oxygen atoms in total. The average molecular weight is 270 g/mol. The minimum Gasteiger partial charge on any atom is -0.393 e. The number of benzene rings is 1. The molecule has 1 aromatic carbocycles. The lowest BCUT2D eigenvalue weighted by atomic mass is 10.1. The van der Waals surface area contributed by atoms with Crippen LogP contribution in [0.2, 0.25) is 0 Å². The van der Waals surface area contributed by atoms with Crippen molar-refractivity contribution in [2.75, 3.05) is 11.9 Å². The summed E-state index contributed by atoms with van der Waals surface area (Å²) < 4.78 is 1.13. The number of hydrogen-bond acceptors (Lipinski definition) is 2. The Kier molecular flexibility index (Phi) is 3.03. The van der Waals surface area contributed by atoms with Crippen LogP contribution in [0.25, 0.3) is 0 Å². The maximum absolute atomic E-state index is 9.43. The van der Waals surface area contributed by atoms with E-state index in [0.717, 1.165) is 17.3 Å². The lowest BCUT2D eigenvalue weighted by molar-refractivity contribution is 0.175. The molecule has 0 bridgehead atoms. The van der Waals surface area contributed by atoms with Gasteiger partial charge in [0.05, 0.1) is 6.10 Å². The zero-order chi connectivity index (χ0) is 11.0. The first-order valence-electron chi connectivity index (χ1n) is 5.27. The fraction of sp³-hybridized carbons (Fsp3) is 0.500. The molecule has 0 amide bonds. The van der Waals surface area contributed by atoms with E-state index in [1.807, 2.05) is 6.92 Å². The third-order valence-electron chi connectivity index (χ3n) is 3.04. The number of anilines is 1. The molecule has 1 aliphatic heterocycles. The highest BCUT2D eigenvalue weighted by Crippen LogP contribution is 2.34. The molecule has 1 heterocycles. The van der Waals surface area contributed by atoms with Gasteiger partial charge in [-0.3, -0.25) is 0 Å². The normalized spacial score (nSPS) is 21.6. The summed E-state index contributed by atoms with van der Waals surface area (Å²) in [6, 6.07) is 6.82. The van der Waals surface area contributed by atoms with E-state index in [4.69, 9.17) is 0 Å². The van der Waals surface area contributed by atoms with Crippen molar-refractivity contribution in [2.45, 2.75) is 31.9 Å². The molecule has 0 radical (unpaired) electrons. The minimum absolute atomic E-state index is 0.227. The number of fused-ring (bicyclic) bond motifs is 1. The molecule has 2 atom stereocenters. The van der Waals surface area contributed by atoms with Crippen molar-refractivity contribution in [3.63, 3.8) is 0 Å². The molecule has 0 spiro atoms. The SMILES string of the molecule is CC(O)CC1Cc2cc(Br)ccc2N1C. The Morgan fingerprint density at radius 1 is 1.60 bits per heavy atom. The van der Waals surface area contributed by atoms with Crippen molar-refractivity contribution in [1.29, 1.82) is 0 Å². The fourth-order valence-electron chi connectivity index (χ4n) is 2.28. The Labute approximate surface area is 99.0 Å². The van der Waals surface area contributed by atoms with Gasteiger partial charge in [0.15, 0.2) is 0 Å². The van der Waals surface area contributed by atoms with Crippen molar-refractivity contribution in [3.05, 3.63) is 28.2 Å². The molecule has 1 aromatic rings. The quantitative estimate of drug-likeness (QED) is 0.892. The summed E-state index contributed by atoms with van der Waals surface area (Å²) >= 11 is 3.49. The third kappa shape index (κ3) is 2.18. The number of nitrogens with zero attached hydrogens (tertiary/aromatic N) is 1. The van der Waals surface area contributed by atoms with Crippen LogP contribution in [-0.2, 0) is 6.42 Å². The van der Waals surface area contributed by atoms with Gasteiger partial charge in [0.25, 0.3) is 0 Å². The van der Waals surface area contributed by atoms with Gasteiger partial charge < -0.3 is 10.0 Å². The molecule has 0 aromatic heterocycles. The number of hydrogen-bond donors (Lipinski definition) is 1. The van der Waals surface area contributed by atoms with Gasteiger partial charge in [0.1, 0.15) is 0 Å². The lowest BCUT2D eigenvalue weighted by Gasteiger charge is -2.23. The first kappa shape index (κ1) is 11.0. The highest BCUT2D eigenvalue weighted by Gasteiger charge is 2.27. The zero-order valence-electron chi connectivity index (χ0n) is 9.07. The van der Waals surface area contributed by atoms with Crippen molar-refractivity contribution in [1.82, 2.24) is 0 Å². The average Bonchev–Trinajstić information content (AvgIpc) is 2.42. The van der Waals surface area contributed by atoms with Crippen molar-refractivity contribution in [3.8, 4) is 0 Å². The van der Waals surface area contributed by atoms with Crippen LogP contribution in [0.3, 0.4) is 0 Å². The van der Waals surface area contributed by atoms with Gasteiger partial charge in [-0.15, -0.1) is 0 Å². The summed E-state index contributed by atoms with van der Waals surface area (Å²) in [6.45, 7) is 1.85. The molecule has 1 aliphatic rings. The van der Waals surface area contributed by atoms with Crippen molar-refractivity contribution < 1.29 is 5.11 Å². The number of likely N-dealkylation sites (N-methyl/N-ethyl adjacent to an activating group) is 1. The zero-order valence-corrected chi connectivity index (χ0v) is 10.7. The van der Waals surface area contributed by atoms with E-state index in [0.29, 0.717) is 6.04 Å². The Morgan fingerprint density at radius 2 is 2.33 bits per heavy atom. The number of aliphatic hydroxyl groups excluding tert-OH is 1. The summed E-state index contributed by atoms with van der Waals surface area (Å²) in [7, 11) is 2.10. The Bertz CT molecular complexity index is 365. The van der Waals surface area contributed by atoms with Crippen LogP contribution in [0.4, 0.5) is 5.69 Å². The van der Waals surface area contributed by atoms with Gasteiger partial charge in [0.2, 0.25) is 0 Å². The molecule has 0 fully saturated rings. The van der Waals surface area contributed by atoms with E-state index in [1.54, 1.807) is 0 Å². The maximum Gasteiger partial charge on any atom is 0.0531 e. The molecule has 1 N–H and O–H groups in total. The van der Waals surface area contributed by atoms with Crippen molar-refractivity contribution in [2.24, 2.45) is 0 Å². The van der Waals surface area contributed by atoms with Crippen LogP contribution in [0.5, 0.6) is 0 Å². The molecule has 2 rings (SSSR count). The Balaban J connectivity index is 2.21. The highest BCUT2D eigenvalue weighted by molar-refractivity contribution is 9.10. The summed E-state index contributed by atoms with van der Waals surface area (Å²) in [4.78, 5) is 2.27. The summed E-state index contributed by atoms with van der Waals surface area (Å²) in [5, 5.41) is 9.43. The molecular weight excluding hydrogens is 254 g/mol. The van der Waals surface area contributed by atoms with Crippen LogP contribution < -0.4 is 4.90 Å². The van der Waals surface area contributed by atoms with E-state index in [-0.39, 0.29) is 6.10 Å². The molecule has 82 valence electrons. The highest BCUT2D eigenvalue weighted by atomic mass is 79.9. The van der Waals surface area contributed by atoms with Gasteiger partial charge in [-0.1, -0.05) is 15.9 Å². The predicted octanol–water partition coefficient (Wildman–Crippen LogP) is 2.58. The van der Waals surface area contributed by atoms with Crippen LogP contribution in [0.15, 0.2) is 22.7 Å². The monoisotopic (exact) mass is 269 g/mol. The van der Waals surface area contributed by atoms with E-state index >= 15 is 0 Å². The van der Waals surface area contributed by atoms with Crippen LogP contribution >= 0.6 is 15.9 Å². The number of halogens is 1. The summed E-state index contributed by atoms with van der Waals surface area (Å²) in [5.41, 5.74) is 2.67. The van der Waals surface area contributed by atoms with E-state index in [1.165, 1.54) is 11.3 Å². The molecule has 2 unspecified atom stereocenters. The van der Waals surface area contributed by atoms with Gasteiger partial charge in [-0.25, -0.2) is 0 Å². The van der Waals surface area contributed by atoms with Crippen molar-refractivity contribution >= 4 is 21.6 Å². The minimum atomic E-state index is -0.227. The molecule has 0 saturated heterocycles. The molecule has 0 aliphatic carbocycles. The predicted molar refractivity (Wildman–Crippen MR) is 66.3 cm³/mol. The van der Waals surface area contributed by atoms with Crippen LogP contribution in [-0.4, -0.2) is 24.3 Å². The Morgan fingerprint density at radius 3 is 3.00 bits per heavy atom. The largest absolute Gasteiger partial charge is 0.393 e. The van der Waals surface area contributed by atoms with Crippen LogP contribution in [0, 0.1) is 0 Å². The third-order valence-corrected chi connectivity index (χ3v) is 3.53. The second kappa shape index (κ2) is 4.14. The first-order valence-corrected chi connectivity index (χ1v) is 6.06. The lowest BCUT2D eigenvalue weighted by Crippen LogP contribution is -2.30. The standard InChI is InChI=1S/C12H16BrNO/c1-8(15)5-11-7-9-6-10(13)3-4-12(9)14(11)2/h3-4,6,8,11,15H,5,7H2,1-2H3. The summed E-state index contributed by atoms with van der Waals surface area (Å²) in [6.07, 6.45) is 1.65. The van der Waals surface area contributed by atoms with E-state index in [2.05, 4.69) is 46.1 Å². The van der Waals surface area contributed by atoms with Crippen LogP contribution in [0.1, 0.15) is 18.9 Å². The number of rotatable bonds is 2. The smallest absolute Gasteiger partial charge is 0.0531 e. The summed E-state index contributed by atoms with van der Waals surface area (Å²) in [5.74, 6) is 0. The van der Waals surface area contributed by atoms with Gasteiger partial charge in [0, 0.05) is 23.2 Å². The second-order valence-corrected chi connectivity index (χ2v) is 5.24. The van der Waals surface area contributed by atoms with Gasteiger partial charge in [-0.05, 0) is 43.5 Å². The molecular formula is C12H16BrNO. The van der Waals surface area contributed by atoms with E-state index < -0.39 is 0 Å². The van der Waals surface area contributed by atoms with E-state index in [9.17, 15) is 5.11 Å². The van der Waals surface area contributed by atoms with Gasteiger partial charge in [-0.2, -0.15) is 0 Å².